The third-order valence-corrected chi connectivity index (χ3v) is 14.1. The predicted molar refractivity (Wildman–Crippen MR) is 302 cm³/mol. The van der Waals surface area contributed by atoms with Crippen LogP contribution in [0.4, 0.5) is 0 Å². The van der Waals surface area contributed by atoms with Gasteiger partial charge in [-0.25, -0.2) is 15.0 Å². The van der Waals surface area contributed by atoms with Crippen molar-refractivity contribution in [1.82, 2.24) is 34.1 Å². The van der Waals surface area contributed by atoms with Crippen molar-refractivity contribution in [3.8, 4) is 90.2 Å². The molecule has 0 atom stereocenters. The molecule has 0 saturated carbocycles. The minimum atomic E-state index is 0.655. The Labute approximate surface area is 427 Å². The van der Waals surface area contributed by atoms with E-state index in [4.69, 9.17) is 15.0 Å². The average molecular weight is 946 g/mol. The summed E-state index contributed by atoms with van der Waals surface area (Å²) in [5.74, 6) is 0.655. The van der Waals surface area contributed by atoms with Crippen molar-refractivity contribution in [2.75, 3.05) is 0 Å². The molecule has 0 N–H and O–H groups in total. The third-order valence-electron chi connectivity index (χ3n) is 14.1. The Morgan fingerprint density at radius 3 is 1.41 bits per heavy atom. The van der Waals surface area contributed by atoms with E-state index in [2.05, 4.69) is 225 Å². The smallest absolute Gasteiger partial charge is 0.160 e. The first-order valence-corrected chi connectivity index (χ1v) is 24.8. The van der Waals surface area contributed by atoms with Crippen LogP contribution in [0, 0.1) is 0 Å². The van der Waals surface area contributed by atoms with Crippen LogP contribution in [0.25, 0.3) is 134 Å². The maximum Gasteiger partial charge on any atom is 0.160 e. The highest BCUT2D eigenvalue weighted by atomic mass is 15.0. The molecule has 0 radical (unpaired) electrons. The fraction of sp³-hybridized carbons (Fsp3) is 0. The van der Waals surface area contributed by atoms with Crippen LogP contribution in [-0.2, 0) is 0 Å². The van der Waals surface area contributed by atoms with Crippen molar-refractivity contribution >= 4 is 43.6 Å². The summed E-state index contributed by atoms with van der Waals surface area (Å²) < 4.78 is 4.70. The lowest BCUT2D eigenvalue weighted by atomic mass is 9.99. The molecule has 0 fully saturated rings. The molecule has 7 heteroatoms. The van der Waals surface area contributed by atoms with E-state index in [0.29, 0.717) is 5.82 Å². The zero-order chi connectivity index (χ0) is 49.0. The van der Waals surface area contributed by atoms with E-state index in [0.717, 1.165) is 95.4 Å². The van der Waals surface area contributed by atoms with Gasteiger partial charge in [-0.1, -0.05) is 127 Å². The van der Waals surface area contributed by atoms with Gasteiger partial charge >= 0.3 is 0 Å². The highest BCUT2D eigenvalue weighted by molar-refractivity contribution is 6.11. The second-order valence-corrected chi connectivity index (χ2v) is 18.5. The van der Waals surface area contributed by atoms with E-state index in [1.54, 1.807) is 0 Å². The van der Waals surface area contributed by atoms with Gasteiger partial charge in [0.1, 0.15) is 0 Å². The first kappa shape index (κ1) is 42.7. The second-order valence-electron chi connectivity index (χ2n) is 18.5. The van der Waals surface area contributed by atoms with Crippen LogP contribution >= 0.6 is 0 Å². The van der Waals surface area contributed by atoms with Crippen molar-refractivity contribution in [3.63, 3.8) is 0 Å². The lowest BCUT2D eigenvalue weighted by Crippen LogP contribution is -1.97. The van der Waals surface area contributed by atoms with E-state index in [1.807, 2.05) is 55.0 Å². The summed E-state index contributed by atoms with van der Waals surface area (Å²) in [7, 11) is 0. The molecule has 6 aromatic heterocycles. The van der Waals surface area contributed by atoms with Gasteiger partial charge < -0.3 is 9.13 Å². The van der Waals surface area contributed by atoms with Crippen LogP contribution in [0.1, 0.15) is 0 Å². The van der Waals surface area contributed by atoms with E-state index < -0.39 is 0 Å². The number of aromatic nitrogens is 7. The average Bonchev–Trinajstić information content (AvgIpc) is 4.02. The number of benzene rings is 8. The molecule has 14 aromatic rings. The minimum Gasteiger partial charge on any atom is -0.309 e. The quantitative estimate of drug-likeness (QED) is 0.144. The topological polar surface area (TPSA) is 74.3 Å². The Kier molecular flexibility index (Phi) is 10.4. The Balaban J connectivity index is 0.818. The van der Waals surface area contributed by atoms with E-state index in [9.17, 15) is 0 Å². The number of hydrogen-bond donors (Lipinski definition) is 0. The second kappa shape index (κ2) is 17.9. The lowest BCUT2D eigenvalue weighted by molar-refractivity contribution is 1.16. The SMILES string of the molecule is c1ccc(-c2cc(-c3ccc(-n4c5ccccc5c5cc(-c6cccc(-c7cc(-c8ccncc8)nc(-c8ccc(-n9c%10ccccc%10c%10ccccc%109)cc8)n7)c6)ccc54)cc3)cc(-c3ccccn3)n2)cc1. The van der Waals surface area contributed by atoms with Gasteiger partial charge in [-0.3, -0.25) is 9.97 Å². The monoisotopic (exact) mass is 945 g/mol. The van der Waals surface area contributed by atoms with E-state index in [-0.39, 0.29) is 0 Å². The third kappa shape index (κ3) is 7.59. The number of pyridine rings is 3. The van der Waals surface area contributed by atoms with Crippen LogP contribution in [-0.4, -0.2) is 34.1 Å². The summed E-state index contributed by atoms with van der Waals surface area (Å²) in [5.41, 5.74) is 19.4. The van der Waals surface area contributed by atoms with Gasteiger partial charge in [0.05, 0.1) is 50.5 Å². The van der Waals surface area contributed by atoms with E-state index >= 15 is 0 Å². The summed E-state index contributed by atoms with van der Waals surface area (Å²) in [4.78, 5) is 24.4. The molecule has 7 nitrogen and oxygen atoms in total. The molecular weight excluding hydrogens is 903 g/mol. The van der Waals surface area contributed by atoms with Crippen molar-refractivity contribution in [2.24, 2.45) is 0 Å². The summed E-state index contributed by atoms with van der Waals surface area (Å²) in [6.45, 7) is 0. The van der Waals surface area contributed by atoms with Crippen LogP contribution in [0.3, 0.4) is 0 Å². The summed E-state index contributed by atoms with van der Waals surface area (Å²) in [6.07, 6.45) is 5.43. The number of para-hydroxylation sites is 3. The van der Waals surface area contributed by atoms with Gasteiger partial charge in [-0.05, 0) is 138 Å². The molecule has 8 aromatic carbocycles. The zero-order valence-corrected chi connectivity index (χ0v) is 40.0. The molecule has 0 aliphatic rings. The predicted octanol–water partition coefficient (Wildman–Crippen LogP) is 16.5. The molecule has 0 amide bonds. The maximum atomic E-state index is 5.27. The van der Waals surface area contributed by atoms with Crippen molar-refractivity contribution in [3.05, 3.63) is 261 Å². The molecule has 0 unspecified atom stereocenters. The fourth-order valence-electron chi connectivity index (χ4n) is 10.5. The van der Waals surface area contributed by atoms with Crippen LogP contribution in [0.2, 0.25) is 0 Å². The van der Waals surface area contributed by atoms with Gasteiger partial charge in [0.25, 0.3) is 0 Å². The molecule has 346 valence electrons. The summed E-state index contributed by atoms with van der Waals surface area (Å²) >= 11 is 0. The first-order chi connectivity index (χ1) is 36.7. The van der Waals surface area contributed by atoms with Crippen LogP contribution in [0.5, 0.6) is 0 Å². The molecule has 0 aliphatic carbocycles. The van der Waals surface area contributed by atoms with Crippen molar-refractivity contribution < 1.29 is 0 Å². The Morgan fingerprint density at radius 1 is 0.243 bits per heavy atom. The number of rotatable bonds is 9. The Hall–Kier alpha value is -10.1. The molecular formula is C67H43N7. The maximum absolute atomic E-state index is 5.27. The van der Waals surface area contributed by atoms with E-state index in [1.165, 1.54) is 32.6 Å². The highest BCUT2D eigenvalue weighted by Crippen LogP contribution is 2.38. The van der Waals surface area contributed by atoms with Crippen LogP contribution < -0.4 is 0 Å². The first-order valence-electron chi connectivity index (χ1n) is 24.8. The molecule has 14 rings (SSSR count). The largest absolute Gasteiger partial charge is 0.309 e. The lowest BCUT2D eigenvalue weighted by Gasteiger charge is -2.12. The van der Waals surface area contributed by atoms with Crippen molar-refractivity contribution in [2.45, 2.75) is 0 Å². The Morgan fingerprint density at radius 2 is 0.743 bits per heavy atom. The summed E-state index contributed by atoms with van der Waals surface area (Å²) in [6, 6.07) is 85.5. The van der Waals surface area contributed by atoms with Crippen molar-refractivity contribution in [1.29, 1.82) is 0 Å². The highest BCUT2D eigenvalue weighted by Gasteiger charge is 2.18. The number of fused-ring (bicyclic) bond motifs is 6. The molecule has 6 heterocycles. The van der Waals surface area contributed by atoms with Gasteiger partial charge in [0, 0.05) is 73.8 Å². The zero-order valence-electron chi connectivity index (χ0n) is 40.0. The number of hydrogen-bond acceptors (Lipinski definition) is 5. The summed E-state index contributed by atoms with van der Waals surface area (Å²) in [5, 5.41) is 4.84. The Bertz CT molecular complexity index is 4280. The van der Waals surface area contributed by atoms with Gasteiger partial charge in [0.2, 0.25) is 0 Å². The minimum absolute atomic E-state index is 0.655. The van der Waals surface area contributed by atoms with Gasteiger partial charge in [-0.15, -0.1) is 0 Å². The van der Waals surface area contributed by atoms with Gasteiger partial charge in [0.15, 0.2) is 5.82 Å². The normalized spacial score (nSPS) is 11.5. The standard InChI is InChI=1S/C67H43N7/c1-2-13-45(14-3-1)59-41-51(42-62(70-59)58-20-10-11-36-69-58)44-24-29-52(30-25-44)74-65-23-9-6-19-56(65)57-40-49(28-33-66(57)74)48-15-12-16-50(39-48)61-43-60(46-34-37-68-38-35-46)71-67(72-61)47-26-31-53(32-27-47)73-63-21-7-4-17-54(63)55-18-5-8-22-64(55)73/h1-43H. The molecule has 0 bridgehead atoms. The molecule has 74 heavy (non-hydrogen) atoms. The number of nitrogens with zero attached hydrogens (tertiary/aromatic N) is 7. The van der Waals surface area contributed by atoms with Crippen LogP contribution in [0.15, 0.2) is 261 Å². The molecule has 0 saturated heterocycles. The molecule has 0 spiro atoms. The fourth-order valence-corrected chi connectivity index (χ4v) is 10.5. The molecule has 0 aliphatic heterocycles. The van der Waals surface area contributed by atoms with Gasteiger partial charge in [-0.2, -0.15) is 0 Å².